The second-order valence-corrected chi connectivity index (χ2v) is 7.58. The number of rotatable bonds is 4. The SMILES string of the molecule is CC(C)c1ccc(O)c(-c2n[nH]c(=S)n2Cc2ccc3c(ccn3C)c2)c1. The highest BCUT2D eigenvalue weighted by Crippen LogP contribution is 2.31. The van der Waals surface area contributed by atoms with Crippen LogP contribution in [0.3, 0.4) is 0 Å². The van der Waals surface area contributed by atoms with Gasteiger partial charge in [-0.15, -0.1) is 0 Å². The summed E-state index contributed by atoms with van der Waals surface area (Å²) in [6, 6.07) is 14.1. The molecule has 2 aromatic heterocycles. The van der Waals surface area contributed by atoms with Crippen molar-refractivity contribution >= 4 is 23.1 Å². The van der Waals surface area contributed by atoms with Gasteiger partial charge in [-0.1, -0.05) is 26.0 Å². The van der Waals surface area contributed by atoms with Gasteiger partial charge in [0.05, 0.1) is 12.1 Å². The molecular weight excluding hydrogens is 356 g/mol. The highest BCUT2D eigenvalue weighted by Gasteiger charge is 2.15. The Kier molecular flexibility index (Phi) is 4.36. The van der Waals surface area contributed by atoms with E-state index in [0.29, 0.717) is 28.6 Å². The van der Waals surface area contributed by atoms with E-state index in [1.807, 2.05) is 23.7 Å². The Balaban J connectivity index is 1.78. The molecule has 0 saturated carbocycles. The van der Waals surface area contributed by atoms with E-state index in [1.54, 1.807) is 6.07 Å². The van der Waals surface area contributed by atoms with Crippen LogP contribution in [0, 0.1) is 4.77 Å². The van der Waals surface area contributed by atoms with Gasteiger partial charge in [0.15, 0.2) is 10.6 Å². The van der Waals surface area contributed by atoms with Crippen LogP contribution in [0.1, 0.15) is 30.9 Å². The second-order valence-electron chi connectivity index (χ2n) is 7.19. The van der Waals surface area contributed by atoms with Gasteiger partial charge in [-0.25, -0.2) is 0 Å². The van der Waals surface area contributed by atoms with Gasteiger partial charge in [0.25, 0.3) is 0 Å². The van der Waals surface area contributed by atoms with Crippen LogP contribution in [0.2, 0.25) is 0 Å². The number of phenolic OH excluding ortho intramolecular Hbond substituents is 1. The van der Waals surface area contributed by atoms with Crippen LogP contribution in [0.15, 0.2) is 48.7 Å². The Hall–Kier alpha value is -2.86. The van der Waals surface area contributed by atoms with Gasteiger partial charge in [0.1, 0.15) is 5.75 Å². The van der Waals surface area contributed by atoms with Crippen molar-refractivity contribution in [3.05, 3.63) is 64.6 Å². The third-order valence-corrected chi connectivity index (χ3v) is 5.29. The van der Waals surface area contributed by atoms with Crippen molar-refractivity contribution < 1.29 is 5.11 Å². The van der Waals surface area contributed by atoms with Gasteiger partial charge in [-0.3, -0.25) is 9.67 Å². The number of aromatic hydroxyl groups is 1. The van der Waals surface area contributed by atoms with Crippen molar-refractivity contribution in [3.63, 3.8) is 0 Å². The van der Waals surface area contributed by atoms with Crippen LogP contribution in [0.25, 0.3) is 22.3 Å². The summed E-state index contributed by atoms with van der Waals surface area (Å²) in [7, 11) is 2.04. The lowest BCUT2D eigenvalue weighted by molar-refractivity contribution is 0.476. The van der Waals surface area contributed by atoms with Gasteiger partial charge in [0.2, 0.25) is 0 Å². The Morgan fingerprint density at radius 1 is 1.15 bits per heavy atom. The third-order valence-electron chi connectivity index (χ3n) is 4.98. The number of hydrogen-bond donors (Lipinski definition) is 2. The quantitative estimate of drug-likeness (QED) is 0.493. The van der Waals surface area contributed by atoms with Gasteiger partial charge < -0.3 is 9.67 Å². The van der Waals surface area contributed by atoms with Gasteiger partial charge in [-0.05, 0) is 65.0 Å². The Morgan fingerprint density at radius 3 is 2.74 bits per heavy atom. The number of hydrogen-bond acceptors (Lipinski definition) is 3. The van der Waals surface area contributed by atoms with Crippen molar-refractivity contribution in [2.75, 3.05) is 0 Å². The standard InChI is InChI=1S/C21H22N4OS/c1-13(2)15-5-7-19(26)17(11-15)20-22-23-21(27)25(20)12-14-4-6-18-16(10-14)8-9-24(18)3/h4-11,13,26H,12H2,1-3H3,(H,23,27). The predicted octanol–water partition coefficient (Wildman–Crippen LogP) is 4.98. The largest absolute Gasteiger partial charge is 0.507 e. The maximum Gasteiger partial charge on any atom is 0.195 e. The molecular formula is C21H22N4OS. The lowest BCUT2D eigenvalue weighted by Crippen LogP contribution is -2.03. The minimum absolute atomic E-state index is 0.202. The van der Waals surface area contributed by atoms with E-state index >= 15 is 0 Å². The van der Waals surface area contributed by atoms with E-state index < -0.39 is 0 Å². The molecule has 0 saturated heterocycles. The molecule has 0 aliphatic heterocycles. The molecule has 4 rings (SSSR count). The molecule has 0 unspecified atom stereocenters. The summed E-state index contributed by atoms with van der Waals surface area (Å²) in [5.74, 6) is 1.21. The van der Waals surface area contributed by atoms with Crippen molar-refractivity contribution in [2.24, 2.45) is 7.05 Å². The molecule has 0 amide bonds. The average molecular weight is 379 g/mol. The molecule has 0 fully saturated rings. The second kappa shape index (κ2) is 6.70. The molecule has 2 N–H and O–H groups in total. The molecule has 27 heavy (non-hydrogen) atoms. The number of aryl methyl sites for hydroxylation is 1. The van der Waals surface area contributed by atoms with Crippen molar-refractivity contribution in [2.45, 2.75) is 26.3 Å². The van der Waals surface area contributed by atoms with Crippen molar-refractivity contribution in [3.8, 4) is 17.1 Å². The highest BCUT2D eigenvalue weighted by atomic mass is 32.1. The summed E-state index contributed by atoms with van der Waals surface area (Å²) < 4.78 is 4.56. The predicted molar refractivity (Wildman–Crippen MR) is 111 cm³/mol. The molecule has 5 nitrogen and oxygen atoms in total. The summed E-state index contributed by atoms with van der Waals surface area (Å²) in [5.41, 5.74) is 4.16. The fourth-order valence-electron chi connectivity index (χ4n) is 3.37. The molecule has 2 heterocycles. The molecule has 0 aliphatic rings. The first-order valence-corrected chi connectivity index (χ1v) is 9.37. The van der Waals surface area contributed by atoms with Gasteiger partial charge in [-0.2, -0.15) is 5.10 Å². The topological polar surface area (TPSA) is 58.8 Å². The maximum atomic E-state index is 10.4. The summed E-state index contributed by atoms with van der Waals surface area (Å²) in [5, 5.41) is 18.9. The number of aromatic nitrogens is 4. The lowest BCUT2D eigenvalue weighted by Gasteiger charge is -2.12. The van der Waals surface area contributed by atoms with Crippen molar-refractivity contribution in [1.82, 2.24) is 19.3 Å². The fourth-order valence-corrected chi connectivity index (χ4v) is 3.57. The maximum absolute atomic E-state index is 10.4. The molecule has 2 aromatic carbocycles. The highest BCUT2D eigenvalue weighted by molar-refractivity contribution is 7.71. The Labute approximate surface area is 162 Å². The Morgan fingerprint density at radius 2 is 1.96 bits per heavy atom. The molecule has 138 valence electrons. The van der Waals surface area contributed by atoms with E-state index in [0.717, 1.165) is 11.1 Å². The minimum atomic E-state index is 0.202. The molecule has 0 spiro atoms. The van der Waals surface area contributed by atoms with E-state index in [1.165, 1.54) is 10.9 Å². The minimum Gasteiger partial charge on any atom is -0.507 e. The molecule has 0 aliphatic carbocycles. The third kappa shape index (κ3) is 3.17. The normalized spacial score (nSPS) is 11.6. The summed E-state index contributed by atoms with van der Waals surface area (Å²) in [6.07, 6.45) is 2.05. The van der Waals surface area contributed by atoms with E-state index in [-0.39, 0.29) is 5.75 Å². The van der Waals surface area contributed by atoms with Gasteiger partial charge in [0, 0.05) is 18.8 Å². The number of benzene rings is 2. The number of fused-ring (bicyclic) bond motifs is 1. The van der Waals surface area contributed by atoms with Crippen LogP contribution < -0.4 is 0 Å². The number of nitrogens with zero attached hydrogens (tertiary/aromatic N) is 3. The van der Waals surface area contributed by atoms with Crippen LogP contribution in [0.4, 0.5) is 0 Å². The lowest BCUT2D eigenvalue weighted by atomic mass is 10.00. The van der Waals surface area contributed by atoms with Gasteiger partial charge >= 0.3 is 0 Å². The monoisotopic (exact) mass is 378 g/mol. The first kappa shape index (κ1) is 17.5. The zero-order valence-electron chi connectivity index (χ0n) is 15.6. The van der Waals surface area contributed by atoms with Crippen LogP contribution >= 0.6 is 12.2 Å². The molecule has 0 atom stereocenters. The summed E-state index contributed by atoms with van der Waals surface area (Å²) in [6.45, 7) is 4.84. The zero-order chi connectivity index (χ0) is 19.1. The molecule has 0 radical (unpaired) electrons. The Bertz CT molecular complexity index is 1180. The van der Waals surface area contributed by atoms with Crippen LogP contribution in [-0.4, -0.2) is 24.4 Å². The number of phenols is 1. The number of H-pyrrole nitrogens is 1. The fraction of sp³-hybridized carbons (Fsp3) is 0.238. The van der Waals surface area contributed by atoms with Crippen LogP contribution in [0.5, 0.6) is 5.75 Å². The van der Waals surface area contributed by atoms with Crippen LogP contribution in [-0.2, 0) is 13.6 Å². The van der Waals surface area contributed by atoms with E-state index in [9.17, 15) is 5.11 Å². The number of nitrogens with one attached hydrogen (secondary N) is 1. The first-order valence-electron chi connectivity index (χ1n) is 8.96. The van der Waals surface area contributed by atoms with E-state index in [2.05, 4.69) is 59.1 Å². The van der Waals surface area contributed by atoms with Crippen molar-refractivity contribution in [1.29, 1.82) is 0 Å². The van der Waals surface area contributed by atoms with E-state index in [4.69, 9.17) is 12.2 Å². The average Bonchev–Trinajstić information content (AvgIpc) is 3.19. The first-order chi connectivity index (χ1) is 12.9. The molecule has 0 bridgehead atoms. The smallest absolute Gasteiger partial charge is 0.195 e. The molecule has 4 aromatic rings. The summed E-state index contributed by atoms with van der Waals surface area (Å²) >= 11 is 5.46. The molecule has 6 heteroatoms. The zero-order valence-corrected chi connectivity index (χ0v) is 16.4. The number of aromatic amines is 1. The summed E-state index contributed by atoms with van der Waals surface area (Å²) in [4.78, 5) is 0.